The Morgan fingerprint density at radius 1 is 0.800 bits per heavy atom. The van der Waals surface area contributed by atoms with E-state index < -0.39 is 5.63 Å². The molecule has 0 atom stereocenters. The molecule has 0 bridgehead atoms. The summed E-state index contributed by atoms with van der Waals surface area (Å²) >= 11 is 0. The molecule has 7 nitrogen and oxygen atoms in total. The highest BCUT2D eigenvalue weighted by Crippen LogP contribution is 2.26. The van der Waals surface area contributed by atoms with Crippen LogP contribution in [0.5, 0.6) is 0 Å². The van der Waals surface area contributed by atoms with Gasteiger partial charge in [-0.05, 0) is 60.2 Å². The van der Waals surface area contributed by atoms with E-state index in [1.807, 2.05) is 30.3 Å². The van der Waals surface area contributed by atoms with Crippen molar-refractivity contribution in [2.24, 2.45) is 0 Å². The third kappa shape index (κ3) is 3.95. The number of nitrogens with one attached hydrogen (secondary N) is 1. The fourth-order valence-electron chi connectivity index (χ4n) is 3.91. The molecule has 0 aliphatic rings. The first-order chi connectivity index (χ1) is 17.1. The van der Waals surface area contributed by atoms with Gasteiger partial charge in [0.2, 0.25) is 5.89 Å². The van der Waals surface area contributed by atoms with Gasteiger partial charge in [-0.2, -0.15) is 0 Å². The molecule has 0 aliphatic carbocycles. The molecule has 6 aromatic rings. The maximum Gasteiger partial charge on any atom is 0.344 e. The van der Waals surface area contributed by atoms with Crippen molar-refractivity contribution < 1.29 is 13.6 Å². The Hall–Kier alpha value is -5.04. The molecule has 0 saturated heterocycles. The minimum atomic E-state index is -0.456. The summed E-state index contributed by atoms with van der Waals surface area (Å²) < 4.78 is 11.2. The Morgan fingerprint density at radius 2 is 1.69 bits per heavy atom. The molecule has 0 unspecified atom stereocenters. The van der Waals surface area contributed by atoms with Crippen molar-refractivity contribution in [3.8, 4) is 22.6 Å². The van der Waals surface area contributed by atoms with E-state index in [1.165, 1.54) is 0 Å². The second kappa shape index (κ2) is 8.39. The van der Waals surface area contributed by atoms with E-state index in [0.717, 1.165) is 10.9 Å². The highest BCUT2D eigenvalue weighted by atomic mass is 16.4. The number of anilines is 1. The smallest absolute Gasteiger partial charge is 0.344 e. The second-order valence-corrected chi connectivity index (χ2v) is 7.96. The molecular weight excluding hydrogens is 442 g/mol. The van der Waals surface area contributed by atoms with Crippen LogP contribution < -0.4 is 10.9 Å². The van der Waals surface area contributed by atoms with Crippen molar-refractivity contribution in [3.05, 3.63) is 113 Å². The van der Waals surface area contributed by atoms with Crippen LogP contribution in [0.15, 0.2) is 111 Å². The fourth-order valence-corrected chi connectivity index (χ4v) is 3.91. The first kappa shape index (κ1) is 20.6. The number of carbonyl (C=O) groups excluding carboxylic acids is 1. The number of benzene rings is 3. The Balaban J connectivity index is 1.28. The van der Waals surface area contributed by atoms with Crippen molar-refractivity contribution in [2.45, 2.75) is 0 Å². The summed E-state index contributed by atoms with van der Waals surface area (Å²) in [5.41, 5.74) is 4.03. The molecule has 0 fully saturated rings. The Kier molecular flexibility index (Phi) is 4.93. The molecule has 6 rings (SSSR count). The van der Waals surface area contributed by atoms with Crippen molar-refractivity contribution in [3.63, 3.8) is 0 Å². The highest BCUT2D eigenvalue weighted by molar-refractivity contribution is 6.05. The van der Waals surface area contributed by atoms with Gasteiger partial charge in [-0.1, -0.05) is 30.3 Å². The first-order valence-electron chi connectivity index (χ1n) is 10.9. The van der Waals surface area contributed by atoms with Crippen molar-refractivity contribution >= 4 is 33.7 Å². The summed E-state index contributed by atoms with van der Waals surface area (Å²) in [6.07, 6.45) is 3.36. The van der Waals surface area contributed by atoms with Gasteiger partial charge in [-0.15, -0.1) is 0 Å². The van der Waals surface area contributed by atoms with E-state index in [-0.39, 0.29) is 5.91 Å². The lowest BCUT2D eigenvalue weighted by atomic mass is 10.0. The van der Waals surface area contributed by atoms with Crippen LogP contribution in [0, 0.1) is 0 Å². The van der Waals surface area contributed by atoms with Gasteiger partial charge in [0.25, 0.3) is 5.91 Å². The molecule has 3 heterocycles. The lowest BCUT2D eigenvalue weighted by Crippen LogP contribution is -2.12. The summed E-state index contributed by atoms with van der Waals surface area (Å²) in [7, 11) is 0. The predicted molar refractivity (Wildman–Crippen MR) is 133 cm³/mol. The number of nitrogens with zero attached hydrogens (tertiary/aromatic N) is 2. The highest BCUT2D eigenvalue weighted by Gasteiger charge is 2.13. The standard InChI is InChI=1S/C28H17N3O4/c32-26(30-21-10-11-25-23(15-21)31-27(34-25)20-8-4-12-29-16-20)19-7-3-6-17(13-19)22-14-18-5-1-2-9-24(18)35-28(22)33/h1-16H,(H,30,32). The minimum absolute atomic E-state index is 0.313. The number of aromatic nitrogens is 2. The van der Waals surface area contributed by atoms with E-state index in [4.69, 9.17) is 8.83 Å². The molecule has 1 amide bonds. The third-order valence-corrected chi connectivity index (χ3v) is 5.63. The van der Waals surface area contributed by atoms with E-state index in [1.54, 1.807) is 67.0 Å². The summed E-state index contributed by atoms with van der Waals surface area (Å²) in [5, 5.41) is 3.70. The van der Waals surface area contributed by atoms with Gasteiger partial charge in [-0.3, -0.25) is 9.78 Å². The lowest BCUT2D eigenvalue weighted by molar-refractivity contribution is 0.102. The van der Waals surface area contributed by atoms with Gasteiger partial charge < -0.3 is 14.2 Å². The molecule has 3 aromatic heterocycles. The van der Waals surface area contributed by atoms with E-state index in [9.17, 15) is 9.59 Å². The monoisotopic (exact) mass is 459 g/mol. The van der Waals surface area contributed by atoms with E-state index in [2.05, 4.69) is 15.3 Å². The number of hydrogen-bond acceptors (Lipinski definition) is 6. The van der Waals surface area contributed by atoms with Gasteiger partial charge in [0.05, 0.1) is 11.1 Å². The van der Waals surface area contributed by atoms with Crippen molar-refractivity contribution in [1.29, 1.82) is 0 Å². The maximum absolute atomic E-state index is 13.0. The quantitative estimate of drug-likeness (QED) is 0.329. The van der Waals surface area contributed by atoms with Gasteiger partial charge in [0.1, 0.15) is 11.1 Å². The number of para-hydroxylation sites is 1. The van der Waals surface area contributed by atoms with Crippen LogP contribution in [-0.2, 0) is 0 Å². The maximum atomic E-state index is 13.0. The molecular formula is C28H17N3O4. The van der Waals surface area contributed by atoms with Gasteiger partial charge in [-0.25, -0.2) is 9.78 Å². The average molecular weight is 459 g/mol. The molecule has 0 saturated carbocycles. The summed E-state index contributed by atoms with van der Waals surface area (Å²) in [6.45, 7) is 0. The number of pyridine rings is 1. The zero-order valence-corrected chi connectivity index (χ0v) is 18.3. The molecule has 3 aromatic carbocycles. The van der Waals surface area contributed by atoms with Gasteiger partial charge in [0.15, 0.2) is 5.58 Å². The lowest BCUT2D eigenvalue weighted by Gasteiger charge is -2.07. The number of fused-ring (bicyclic) bond motifs is 2. The van der Waals surface area contributed by atoms with Gasteiger partial charge >= 0.3 is 5.63 Å². The van der Waals surface area contributed by atoms with Crippen LogP contribution in [0.2, 0.25) is 0 Å². The number of oxazole rings is 1. The second-order valence-electron chi connectivity index (χ2n) is 7.96. The topological polar surface area (TPSA) is 98.2 Å². The van der Waals surface area contributed by atoms with Crippen LogP contribution in [0.3, 0.4) is 0 Å². The van der Waals surface area contributed by atoms with Crippen LogP contribution in [-0.4, -0.2) is 15.9 Å². The summed E-state index contributed by atoms with van der Waals surface area (Å²) in [6, 6.07) is 24.9. The van der Waals surface area contributed by atoms with E-state index in [0.29, 0.717) is 45.0 Å². The van der Waals surface area contributed by atoms with Crippen molar-refractivity contribution in [1.82, 2.24) is 9.97 Å². The Labute approximate surface area is 198 Å². The summed E-state index contributed by atoms with van der Waals surface area (Å²) in [4.78, 5) is 34.1. The Morgan fingerprint density at radius 3 is 2.57 bits per heavy atom. The molecule has 0 spiro atoms. The Bertz CT molecular complexity index is 1770. The van der Waals surface area contributed by atoms with Crippen LogP contribution in [0.1, 0.15) is 10.4 Å². The third-order valence-electron chi connectivity index (χ3n) is 5.63. The number of rotatable bonds is 4. The molecule has 1 N–H and O–H groups in total. The molecule has 168 valence electrons. The number of hydrogen-bond donors (Lipinski definition) is 1. The summed E-state index contributed by atoms with van der Waals surface area (Å²) in [5.74, 6) is 0.144. The van der Waals surface area contributed by atoms with Crippen LogP contribution in [0.25, 0.3) is 44.7 Å². The predicted octanol–water partition coefficient (Wildman–Crippen LogP) is 5.92. The molecule has 7 heteroatoms. The zero-order valence-electron chi connectivity index (χ0n) is 18.3. The first-order valence-corrected chi connectivity index (χ1v) is 10.9. The fraction of sp³-hybridized carbons (Fsp3) is 0. The molecule has 0 aliphatic heterocycles. The zero-order chi connectivity index (χ0) is 23.8. The largest absolute Gasteiger partial charge is 0.436 e. The molecule has 0 radical (unpaired) electrons. The SMILES string of the molecule is O=C(Nc1ccc2oc(-c3cccnc3)nc2c1)c1cccc(-c2cc3ccccc3oc2=O)c1. The molecule has 35 heavy (non-hydrogen) atoms. The van der Waals surface area contributed by atoms with Gasteiger partial charge in [0, 0.05) is 29.0 Å². The minimum Gasteiger partial charge on any atom is -0.436 e. The normalized spacial score (nSPS) is 11.1. The number of carbonyl (C=O) groups is 1. The van der Waals surface area contributed by atoms with E-state index >= 15 is 0 Å². The van der Waals surface area contributed by atoms with Crippen molar-refractivity contribution in [2.75, 3.05) is 5.32 Å². The average Bonchev–Trinajstić information content (AvgIpc) is 3.32. The number of amides is 1. The van der Waals surface area contributed by atoms with Crippen LogP contribution in [0.4, 0.5) is 5.69 Å². The van der Waals surface area contributed by atoms with Crippen LogP contribution >= 0.6 is 0 Å².